The van der Waals surface area contributed by atoms with Crippen molar-refractivity contribution < 1.29 is 39.2 Å². The molecular formula is C30H33N3O8. The van der Waals surface area contributed by atoms with Crippen LogP contribution in [0.1, 0.15) is 46.7 Å². The van der Waals surface area contributed by atoms with Crippen molar-refractivity contribution in [2.24, 2.45) is 5.73 Å². The van der Waals surface area contributed by atoms with Gasteiger partial charge in [0.1, 0.15) is 17.9 Å². The summed E-state index contributed by atoms with van der Waals surface area (Å²) in [4.78, 5) is 36.3. The number of hydrogen-bond donors (Lipinski definition) is 6. The molecule has 41 heavy (non-hydrogen) atoms. The first-order valence-electron chi connectivity index (χ1n) is 13.2. The first kappa shape index (κ1) is 29.4. The molecule has 0 aromatic heterocycles. The number of benzene rings is 3. The molecule has 7 N–H and O–H groups in total. The van der Waals surface area contributed by atoms with Crippen LogP contribution in [0, 0.1) is 0 Å². The Morgan fingerprint density at radius 3 is 2.15 bits per heavy atom. The van der Waals surface area contributed by atoms with E-state index in [-0.39, 0.29) is 55.3 Å². The normalized spacial score (nSPS) is 13.4. The molecule has 0 bridgehead atoms. The van der Waals surface area contributed by atoms with E-state index >= 15 is 0 Å². The van der Waals surface area contributed by atoms with Gasteiger partial charge in [-0.05, 0) is 47.2 Å². The smallest absolute Gasteiger partial charge is 0.407 e. The molecule has 3 aromatic rings. The third-order valence-electron chi connectivity index (χ3n) is 7.04. The Morgan fingerprint density at radius 1 is 0.927 bits per heavy atom. The van der Waals surface area contributed by atoms with Crippen molar-refractivity contribution in [1.29, 1.82) is 0 Å². The summed E-state index contributed by atoms with van der Waals surface area (Å²) < 4.78 is 10.5. The van der Waals surface area contributed by atoms with Crippen LogP contribution in [0.5, 0.6) is 11.5 Å². The van der Waals surface area contributed by atoms with Crippen molar-refractivity contribution in [1.82, 2.24) is 5.32 Å². The molecule has 1 aliphatic carbocycles. The Bertz CT molecular complexity index is 1380. The minimum Gasteiger partial charge on any atom is -0.505 e. The van der Waals surface area contributed by atoms with Crippen LogP contribution in [0.15, 0.2) is 60.7 Å². The molecule has 216 valence electrons. The van der Waals surface area contributed by atoms with E-state index in [9.17, 15) is 29.7 Å². The number of aromatic hydroxyl groups is 1. The number of ether oxygens (including phenoxy) is 2. The number of nitrogens with two attached hydrogens (primary N) is 1. The van der Waals surface area contributed by atoms with Gasteiger partial charge in [0.25, 0.3) is 5.91 Å². The SMILES string of the molecule is COc1ccc(NC(=O)CCC(O)C(O)CCNC(=O)OCC2c3ccccc3-c3ccccc32)c(O)c1C(N)=O. The maximum atomic E-state index is 12.3. The molecule has 3 aromatic carbocycles. The Labute approximate surface area is 236 Å². The van der Waals surface area contributed by atoms with Crippen LogP contribution < -0.4 is 21.1 Å². The maximum Gasteiger partial charge on any atom is 0.407 e. The first-order valence-corrected chi connectivity index (χ1v) is 13.2. The molecule has 0 aliphatic heterocycles. The summed E-state index contributed by atoms with van der Waals surface area (Å²) in [5, 5.41) is 35.8. The summed E-state index contributed by atoms with van der Waals surface area (Å²) in [6.45, 7) is 0.210. The van der Waals surface area contributed by atoms with E-state index in [0.717, 1.165) is 22.3 Å². The van der Waals surface area contributed by atoms with Gasteiger partial charge in [0.05, 0.1) is 25.0 Å². The average molecular weight is 564 g/mol. The van der Waals surface area contributed by atoms with Crippen LogP contribution in [0.2, 0.25) is 0 Å². The summed E-state index contributed by atoms with van der Waals surface area (Å²) in [7, 11) is 1.31. The standard InChI is InChI=1S/C30H33N3O8/c1-40-25-12-10-22(28(37)27(25)29(31)38)33-26(36)13-11-23(34)24(35)14-15-32-30(39)41-16-21-19-8-4-2-6-17(19)18-7-3-5-9-20(18)21/h2-10,12,21,23-24,34-35,37H,11,13-16H2,1H3,(H2,31,38)(H,32,39)(H,33,36). The predicted octanol–water partition coefficient (Wildman–Crippen LogP) is 2.87. The summed E-state index contributed by atoms with van der Waals surface area (Å²) in [5.74, 6) is -2.05. The third kappa shape index (κ3) is 6.76. The number of phenols is 1. The van der Waals surface area contributed by atoms with Gasteiger partial charge in [-0.2, -0.15) is 0 Å². The number of primary amides is 1. The average Bonchev–Trinajstić information content (AvgIpc) is 3.29. The number of aliphatic hydroxyl groups is 2. The van der Waals surface area contributed by atoms with Gasteiger partial charge in [-0.15, -0.1) is 0 Å². The predicted molar refractivity (Wildman–Crippen MR) is 151 cm³/mol. The number of amides is 3. The summed E-state index contributed by atoms with van der Waals surface area (Å²) in [5.41, 5.74) is 9.39. The van der Waals surface area contributed by atoms with Crippen LogP contribution in [0.4, 0.5) is 10.5 Å². The molecule has 2 atom stereocenters. The Kier molecular flexibility index (Phi) is 9.43. The number of alkyl carbamates (subject to hydrolysis) is 1. The molecule has 0 heterocycles. The number of rotatable bonds is 12. The first-order chi connectivity index (χ1) is 19.7. The van der Waals surface area contributed by atoms with Gasteiger partial charge in [0, 0.05) is 18.9 Å². The zero-order valence-corrected chi connectivity index (χ0v) is 22.5. The fourth-order valence-corrected chi connectivity index (χ4v) is 4.93. The van der Waals surface area contributed by atoms with E-state index < -0.39 is 35.9 Å². The van der Waals surface area contributed by atoms with Crippen molar-refractivity contribution in [3.63, 3.8) is 0 Å². The molecule has 1 aliphatic rings. The second-order valence-electron chi connectivity index (χ2n) is 9.67. The topological polar surface area (TPSA) is 180 Å². The lowest BCUT2D eigenvalue weighted by Gasteiger charge is -2.18. The molecule has 0 fully saturated rings. The maximum absolute atomic E-state index is 12.3. The van der Waals surface area contributed by atoms with Gasteiger partial charge >= 0.3 is 6.09 Å². The number of hydrogen-bond acceptors (Lipinski definition) is 8. The fourth-order valence-electron chi connectivity index (χ4n) is 4.93. The van der Waals surface area contributed by atoms with E-state index in [2.05, 4.69) is 10.6 Å². The van der Waals surface area contributed by atoms with Gasteiger partial charge < -0.3 is 41.2 Å². The van der Waals surface area contributed by atoms with E-state index in [4.69, 9.17) is 15.2 Å². The third-order valence-corrected chi connectivity index (χ3v) is 7.04. The van der Waals surface area contributed by atoms with Crippen molar-refractivity contribution in [2.75, 3.05) is 25.6 Å². The quantitative estimate of drug-likeness (QED) is 0.182. The minimum absolute atomic E-state index is 0.0359. The lowest BCUT2D eigenvalue weighted by Crippen LogP contribution is -2.33. The zero-order valence-electron chi connectivity index (χ0n) is 22.5. The number of aliphatic hydroxyl groups excluding tert-OH is 2. The van der Waals surface area contributed by atoms with Crippen LogP contribution in [0.25, 0.3) is 11.1 Å². The molecule has 11 nitrogen and oxygen atoms in total. The number of methoxy groups -OCH3 is 1. The van der Waals surface area contributed by atoms with Crippen molar-refractivity contribution in [3.8, 4) is 22.6 Å². The van der Waals surface area contributed by atoms with E-state index in [1.165, 1.54) is 19.2 Å². The fraction of sp³-hybridized carbons (Fsp3) is 0.300. The number of fused-ring (bicyclic) bond motifs is 3. The molecule has 2 unspecified atom stereocenters. The molecule has 4 rings (SSSR count). The Morgan fingerprint density at radius 2 is 1.54 bits per heavy atom. The summed E-state index contributed by atoms with van der Waals surface area (Å²) in [6, 6.07) is 18.7. The van der Waals surface area contributed by atoms with Crippen molar-refractivity contribution >= 4 is 23.6 Å². The Hall–Kier alpha value is -4.61. The van der Waals surface area contributed by atoms with Crippen molar-refractivity contribution in [3.05, 3.63) is 77.4 Å². The van der Waals surface area contributed by atoms with Crippen molar-refractivity contribution in [2.45, 2.75) is 37.4 Å². The highest BCUT2D eigenvalue weighted by Crippen LogP contribution is 2.44. The molecule has 11 heteroatoms. The zero-order chi connectivity index (χ0) is 29.5. The number of carbonyl (C=O) groups is 3. The number of nitrogens with one attached hydrogen (secondary N) is 2. The molecular weight excluding hydrogens is 530 g/mol. The lowest BCUT2D eigenvalue weighted by molar-refractivity contribution is -0.117. The van der Waals surface area contributed by atoms with Gasteiger partial charge in [0.2, 0.25) is 5.91 Å². The Balaban J connectivity index is 1.19. The van der Waals surface area contributed by atoms with Crippen LogP contribution in [-0.2, 0) is 9.53 Å². The van der Waals surface area contributed by atoms with E-state index in [1.807, 2.05) is 48.5 Å². The van der Waals surface area contributed by atoms with Gasteiger partial charge in [0.15, 0.2) is 5.75 Å². The molecule has 3 amide bonds. The monoisotopic (exact) mass is 563 g/mol. The summed E-state index contributed by atoms with van der Waals surface area (Å²) >= 11 is 0. The van der Waals surface area contributed by atoms with Gasteiger partial charge in [-0.1, -0.05) is 48.5 Å². The lowest BCUT2D eigenvalue weighted by atomic mass is 9.98. The van der Waals surface area contributed by atoms with E-state index in [0.29, 0.717) is 0 Å². The van der Waals surface area contributed by atoms with Crippen LogP contribution in [0.3, 0.4) is 0 Å². The van der Waals surface area contributed by atoms with Crippen LogP contribution in [-0.4, -0.2) is 65.7 Å². The van der Waals surface area contributed by atoms with Crippen LogP contribution >= 0.6 is 0 Å². The second kappa shape index (κ2) is 13.2. The molecule has 0 saturated heterocycles. The number of carbonyl (C=O) groups excluding carboxylic acids is 3. The molecule has 0 radical (unpaired) electrons. The van der Waals surface area contributed by atoms with Gasteiger partial charge in [-0.25, -0.2) is 4.79 Å². The molecule has 0 spiro atoms. The summed E-state index contributed by atoms with van der Waals surface area (Å²) in [6.07, 6.45) is -3.31. The largest absolute Gasteiger partial charge is 0.505 e. The second-order valence-corrected chi connectivity index (χ2v) is 9.67. The molecule has 0 saturated carbocycles. The number of anilines is 1. The highest BCUT2D eigenvalue weighted by molar-refractivity contribution is 6.02. The van der Waals surface area contributed by atoms with Gasteiger partial charge in [-0.3, -0.25) is 9.59 Å². The highest BCUT2D eigenvalue weighted by atomic mass is 16.5. The highest BCUT2D eigenvalue weighted by Gasteiger charge is 2.29. The van der Waals surface area contributed by atoms with E-state index in [1.54, 1.807) is 0 Å². The minimum atomic E-state index is -1.24.